The van der Waals surface area contributed by atoms with Gasteiger partial charge in [0.25, 0.3) is 0 Å². The van der Waals surface area contributed by atoms with Gasteiger partial charge >= 0.3 is 0 Å². The molecule has 72 valence electrons. The van der Waals surface area contributed by atoms with Gasteiger partial charge in [-0.3, -0.25) is 0 Å². The van der Waals surface area contributed by atoms with Crippen LogP contribution in [0.1, 0.15) is 6.92 Å². The minimum absolute atomic E-state index is 0.296. The summed E-state index contributed by atoms with van der Waals surface area (Å²) in [6, 6.07) is 0. The quantitative estimate of drug-likeness (QED) is 0.653. The highest BCUT2D eigenvalue weighted by molar-refractivity contribution is 9.12. The molecule has 0 aromatic heterocycles. The van der Waals surface area contributed by atoms with Crippen LogP contribution in [0.25, 0.3) is 0 Å². The number of hydrogen-bond donors (Lipinski definition) is 1. The lowest BCUT2D eigenvalue weighted by molar-refractivity contribution is 0.564. The van der Waals surface area contributed by atoms with Crippen molar-refractivity contribution >= 4 is 15.9 Å². The summed E-state index contributed by atoms with van der Waals surface area (Å²) in [6.45, 7) is 1.74. The van der Waals surface area contributed by atoms with Crippen molar-refractivity contribution in [1.82, 2.24) is 5.32 Å². The van der Waals surface area contributed by atoms with Gasteiger partial charge in [0.05, 0.1) is 0 Å². The average Bonchev–Trinajstić information content (AvgIpc) is 2.39. The molecule has 1 nitrogen and oxygen atoms in total. The summed E-state index contributed by atoms with van der Waals surface area (Å²) in [5.74, 6) is -0.296. The number of fused-ring (bicyclic) bond motifs is 1. The maximum Gasteiger partial charge on any atom is 0.195 e. The third-order valence-electron chi connectivity index (χ3n) is 2.18. The monoisotopic (exact) mass is 253 g/mol. The summed E-state index contributed by atoms with van der Waals surface area (Å²) in [5.41, 5.74) is 2.36. The van der Waals surface area contributed by atoms with Gasteiger partial charge in [-0.15, -0.1) is 0 Å². The number of nitrogens with one attached hydrogen (secondary N) is 1. The van der Waals surface area contributed by atoms with Gasteiger partial charge in [0.1, 0.15) is 0 Å². The average molecular weight is 254 g/mol. The zero-order valence-corrected chi connectivity index (χ0v) is 9.23. The highest BCUT2D eigenvalue weighted by atomic mass is 79.9. The van der Waals surface area contributed by atoms with Crippen LogP contribution in [0.2, 0.25) is 0 Å². The molecule has 0 radical (unpaired) electrons. The Balaban J connectivity index is 2.58. The number of rotatable bonds is 0. The molecule has 0 spiro atoms. The predicted molar refractivity (Wildman–Crippen MR) is 59.3 cm³/mol. The highest BCUT2D eigenvalue weighted by Gasteiger charge is 2.19. The second-order valence-corrected chi connectivity index (χ2v) is 3.91. The topological polar surface area (TPSA) is 12.0 Å². The smallest absolute Gasteiger partial charge is 0.195 e. The second-order valence-electron chi connectivity index (χ2n) is 3.12. The van der Waals surface area contributed by atoms with E-state index in [0.29, 0.717) is 5.57 Å². The van der Waals surface area contributed by atoms with Gasteiger partial charge in [-0.05, 0) is 28.9 Å². The molecular weight excluding hydrogens is 245 g/mol. The zero-order chi connectivity index (χ0) is 10.1. The molecule has 1 heterocycles. The lowest BCUT2D eigenvalue weighted by atomic mass is 10.1. The largest absolute Gasteiger partial charge is 0.331 e. The van der Waals surface area contributed by atoms with E-state index in [1.165, 1.54) is 0 Å². The van der Waals surface area contributed by atoms with Crippen LogP contribution in [0, 0.1) is 0 Å². The third-order valence-corrected chi connectivity index (χ3v) is 3.20. The summed E-state index contributed by atoms with van der Waals surface area (Å²) in [5, 5.41) is 2.72. The van der Waals surface area contributed by atoms with Gasteiger partial charge in [-0.1, -0.05) is 24.3 Å². The third kappa shape index (κ3) is 1.48. The number of hydrogen-bond acceptors (Lipinski definition) is 1. The molecule has 0 fully saturated rings. The van der Waals surface area contributed by atoms with Crippen molar-refractivity contribution in [2.75, 3.05) is 0 Å². The van der Waals surface area contributed by atoms with E-state index in [9.17, 15) is 4.39 Å². The standard InChI is InChI=1S/C11H9BrFN/c1-7-10(12)8-5-3-2-4-6-9(8)14-11(7)13/h2-6,14H,1H3. The molecule has 2 aliphatic rings. The van der Waals surface area contributed by atoms with Crippen molar-refractivity contribution in [3.63, 3.8) is 0 Å². The molecule has 3 heteroatoms. The van der Waals surface area contributed by atoms with Crippen LogP contribution in [0.15, 0.2) is 57.7 Å². The van der Waals surface area contributed by atoms with Gasteiger partial charge in [0.15, 0.2) is 5.95 Å². The first kappa shape index (κ1) is 9.46. The van der Waals surface area contributed by atoms with Crippen LogP contribution in [-0.2, 0) is 0 Å². The van der Waals surface area contributed by atoms with Crippen molar-refractivity contribution in [3.8, 4) is 0 Å². The number of allylic oxidation sites excluding steroid dienone is 7. The van der Waals surface area contributed by atoms with Gasteiger partial charge in [0, 0.05) is 21.3 Å². The Labute approximate surface area is 90.5 Å². The molecule has 1 N–H and O–H groups in total. The van der Waals surface area contributed by atoms with Crippen LogP contribution in [0.4, 0.5) is 4.39 Å². The summed E-state index contributed by atoms with van der Waals surface area (Å²) in [7, 11) is 0. The summed E-state index contributed by atoms with van der Waals surface area (Å²) >= 11 is 3.39. The maximum atomic E-state index is 13.3. The molecular formula is C11H9BrFN. The van der Waals surface area contributed by atoms with Crippen LogP contribution in [0.3, 0.4) is 0 Å². The molecule has 0 unspecified atom stereocenters. The van der Waals surface area contributed by atoms with E-state index in [1.807, 2.05) is 30.4 Å². The van der Waals surface area contributed by atoms with Crippen LogP contribution in [-0.4, -0.2) is 0 Å². The van der Waals surface area contributed by atoms with Gasteiger partial charge in [-0.2, -0.15) is 4.39 Å². The molecule has 0 aromatic carbocycles. The molecule has 0 atom stereocenters. The van der Waals surface area contributed by atoms with E-state index in [0.717, 1.165) is 15.8 Å². The SMILES string of the molecule is CC1=C(F)NC2=CC=CC=CC2=C1Br. The van der Waals surface area contributed by atoms with Gasteiger partial charge < -0.3 is 5.32 Å². The highest BCUT2D eigenvalue weighted by Crippen LogP contribution is 2.33. The minimum atomic E-state index is -0.296. The predicted octanol–water partition coefficient (Wildman–Crippen LogP) is 3.45. The van der Waals surface area contributed by atoms with Gasteiger partial charge in [-0.25, -0.2) is 0 Å². The molecule has 0 saturated carbocycles. The van der Waals surface area contributed by atoms with Crippen molar-refractivity contribution in [2.45, 2.75) is 6.92 Å². The first-order valence-electron chi connectivity index (χ1n) is 4.29. The Bertz CT molecular complexity index is 425. The van der Waals surface area contributed by atoms with Crippen molar-refractivity contribution in [3.05, 3.63) is 57.7 Å². The Hall–Kier alpha value is -1.09. The summed E-state index contributed by atoms with van der Waals surface area (Å²) in [6.07, 6.45) is 9.51. The summed E-state index contributed by atoms with van der Waals surface area (Å²) in [4.78, 5) is 0. The van der Waals surface area contributed by atoms with Gasteiger partial charge in [0.2, 0.25) is 0 Å². The fourth-order valence-electron chi connectivity index (χ4n) is 1.36. The number of halogens is 2. The van der Waals surface area contributed by atoms with E-state index in [4.69, 9.17) is 0 Å². The first-order chi connectivity index (χ1) is 6.70. The molecule has 14 heavy (non-hydrogen) atoms. The normalized spacial score (nSPS) is 20.4. The fraction of sp³-hybridized carbons (Fsp3) is 0.0909. The maximum absolute atomic E-state index is 13.3. The van der Waals surface area contributed by atoms with E-state index < -0.39 is 0 Å². The first-order valence-corrected chi connectivity index (χ1v) is 5.08. The Morgan fingerprint density at radius 1 is 1.29 bits per heavy atom. The summed E-state index contributed by atoms with van der Waals surface area (Å²) < 4.78 is 14.2. The van der Waals surface area contributed by atoms with Crippen molar-refractivity contribution in [2.24, 2.45) is 0 Å². The molecule has 0 amide bonds. The Kier molecular flexibility index (Phi) is 2.42. The molecule has 0 aromatic rings. The van der Waals surface area contributed by atoms with E-state index in [2.05, 4.69) is 21.2 Å². The van der Waals surface area contributed by atoms with Crippen LogP contribution in [0.5, 0.6) is 0 Å². The molecule has 0 bridgehead atoms. The molecule has 1 aliphatic heterocycles. The second kappa shape index (κ2) is 3.58. The van der Waals surface area contributed by atoms with E-state index >= 15 is 0 Å². The molecule has 0 saturated heterocycles. The van der Waals surface area contributed by atoms with Crippen molar-refractivity contribution in [1.29, 1.82) is 0 Å². The fourth-order valence-corrected chi connectivity index (χ4v) is 1.88. The van der Waals surface area contributed by atoms with E-state index in [1.54, 1.807) is 6.92 Å². The lowest BCUT2D eigenvalue weighted by Gasteiger charge is -2.19. The zero-order valence-electron chi connectivity index (χ0n) is 7.64. The van der Waals surface area contributed by atoms with Crippen LogP contribution >= 0.6 is 15.9 Å². The Morgan fingerprint density at radius 2 is 2.07 bits per heavy atom. The lowest BCUT2D eigenvalue weighted by Crippen LogP contribution is -2.17. The molecule has 2 rings (SSSR count). The van der Waals surface area contributed by atoms with Crippen LogP contribution < -0.4 is 5.32 Å². The van der Waals surface area contributed by atoms with Crippen molar-refractivity contribution < 1.29 is 4.39 Å². The Morgan fingerprint density at radius 3 is 2.86 bits per heavy atom. The minimum Gasteiger partial charge on any atom is -0.331 e. The molecule has 1 aliphatic carbocycles. The van der Waals surface area contributed by atoms with E-state index in [-0.39, 0.29) is 5.95 Å². The number of dihydropyridines is 1.